The van der Waals surface area contributed by atoms with Crippen LogP contribution in [-0.2, 0) is 23.1 Å². The zero-order chi connectivity index (χ0) is 14.8. The molecule has 1 aromatic heterocycles. The summed E-state index contributed by atoms with van der Waals surface area (Å²) in [4.78, 5) is 0.242. The number of benzene rings is 1. The first-order valence-electron chi connectivity index (χ1n) is 6.24. The summed E-state index contributed by atoms with van der Waals surface area (Å²) in [6, 6.07) is 10.2. The fourth-order valence-corrected chi connectivity index (χ4v) is 3.10. The van der Waals surface area contributed by atoms with Crippen molar-refractivity contribution in [2.45, 2.75) is 24.9 Å². The van der Waals surface area contributed by atoms with Crippen LogP contribution in [0.5, 0.6) is 0 Å². The summed E-state index contributed by atoms with van der Waals surface area (Å²) in [5.41, 5.74) is 6.33. The monoisotopic (exact) mass is 294 g/mol. The molecule has 0 unspecified atom stereocenters. The van der Waals surface area contributed by atoms with E-state index in [0.717, 1.165) is 11.3 Å². The lowest BCUT2D eigenvalue weighted by molar-refractivity contribution is 0.397. The van der Waals surface area contributed by atoms with Gasteiger partial charge in [0.05, 0.1) is 11.4 Å². The molecule has 0 fully saturated rings. The molecule has 0 aliphatic rings. The second-order valence-corrected chi connectivity index (χ2v) is 6.67. The second-order valence-electron chi connectivity index (χ2n) is 4.62. The van der Waals surface area contributed by atoms with Crippen molar-refractivity contribution in [3.8, 4) is 0 Å². The van der Waals surface area contributed by atoms with Gasteiger partial charge in [0.25, 0.3) is 0 Å². The predicted molar refractivity (Wildman–Crippen MR) is 76.4 cm³/mol. The summed E-state index contributed by atoms with van der Waals surface area (Å²) in [7, 11) is -2.01. The smallest absolute Gasteiger partial charge is 0.243 e. The molecule has 1 aromatic carbocycles. The second kappa shape index (κ2) is 5.78. The molecule has 0 aliphatic heterocycles. The van der Waals surface area contributed by atoms with Gasteiger partial charge in [0.1, 0.15) is 11.5 Å². The number of nitrogens with two attached hydrogens (primary N) is 1. The first-order valence-corrected chi connectivity index (χ1v) is 7.68. The van der Waals surface area contributed by atoms with Crippen LogP contribution in [0, 0.1) is 6.92 Å². The molecule has 5 nitrogen and oxygen atoms in total. The maximum Gasteiger partial charge on any atom is 0.243 e. The van der Waals surface area contributed by atoms with Crippen LogP contribution in [0.4, 0.5) is 0 Å². The minimum atomic E-state index is -3.54. The van der Waals surface area contributed by atoms with E-state index in [1.54, 1.807) is 30.3 Å². The Balaban J connectivity index is 2.24. The van der Waals surface area contributed by atoms with Crippen LogP contribution < -0.4 is 5.73 Å². The Bertz CT molecular complexity index is 692. The zero-order valence-electron chi connectivity index (χ0n) is 11.5. The fraction of sp³-hybridized carbons (Fsp3) is 0.286. The van der Waals surface area contributed by atoms with Crippen molar-refractivity contribution in [1.82, 2.24) is 4.31 Å². The van der Waals surface area contributed by atoms with E-state index in [-0.39, 0.29) is 11.4 Å². The van der Waals surface area contributed by atoms with Crippen LogP contribution in [0.25, 0.3) is 0 Å². The molecule has 6 heteroatoms. The number of hydrogen-bond donors (Lipinski definition) is 1. The van der Waals surface area contributed by atoms with Crippen LogP contribution in [0.2, 0.25) is 0 Å². The van der Waals surface area contributed by atoms with Crippen LogP contribution in [0.1, 0.15) is 17.1 Å². The summed E-state index contributed by atoms with van der Waals surface area (Å²) in [6.07, 6.45) is 0. The summed E-state index contributed by atoms with van der Waals surface area (Å²) in [6.45, 7) is 2.33. The molecule has 1 heterocycles. The summed E-state index contributed by atoms with van der Waals surface area (Å²) >= 11 is 0. The third-order valence-electron chi connectivity index (χ3n) is 3.02. The number of aryl methyl sites for hydroxylation is 1. The minimum Gasteiger partial charge on any atom is -0.465 e. The van der Waals surface area contributed by atoms with E-state index in [1.807, 2.05) is 13.0 Å². The third-order valence-corrected chi connectivity index (χ3v) is 4.82. The van der Waals surface area contributed by atoms with E-state index in [0.29, 0.717) is 12.3 Å². The van der Waals surface area contributed by atoms with E-state index >= 15 is 0 Å². The minimum absolute atomic E-state index is 0.197. The van der Waals surface area contributed by atoms with E-state index in [1.165, 1.54) is 11.4 Å². The predicted octanol–water partition coefficient (Wildman–Crippen LogP) is 1.87. The van der Waals surface area contributed by atoms with Gasteiger partial charge in [0.2, 0.25) is 10.0 Å². The molecular formula is C14H18N2O3S. The van der Waals surface area contributed by atoms with Crippen LogP contribution in [-0.4, -0.2) is 19.8 Å². The van der Waals surface area contributed by atoms with Crippen LogP contribution in [0.3, 0.4) is 0 Å². The molecule has 0 spiro atoms. The molecular weight excluding hydrogens is 276 g/mol. The zero-order valence-corrected chi connectivity index (χ0v) is 12.4. The Morgan fingerprint density at radius 2 is 2.00 bits per heavy atom. The molecule has 2 rings (SSSR count). The molecule has 0 saturated carbocycles. The lowest BCUT2D eigenvalue weighted by atomic mass is 10.2. The quantitative estimate of drug-likeness (QED) is 0.913. The number of sulfonamides is 1. The maximum absolute atomic E-state index is 12.5. The van der Waals surface area contributed by atoms with Crippen molar-refractivity contribution in [1.29, 1.82) is 0 Å². The molecule has 2 aromatic rings. The first kappa shape index (κ1) is 14.8. The van der Waals surface area contributed by atoms with Crippen molar-refractivity contribution >= 4 is 10.0 Å². The van der Waals surface area contributed by atoms with E-state index in [9.17, 15) is 8.42 Å². The van der Waals surface area contributed by atoms with Gasteiger partial charge in [0.15, 0.2) is 0 Å². The summed E-state index contributed by atoms with van der Waals surface area (Å²) in [5.74, 6) is 1.37. The van der Waals surface area contributed by atoms with Gasteiger partial charge in [-0.15, -0.1) is 0 Å². The normalized spacial score (nSPS) is 12.0. The molecule has 0 bridgehead atoms. The largest absolute Gasteiger partial charge is 0.465 e. The van der Waals surface area contributed by atoms with Gasteiger partial charge >= 0.3 is 0 Å². The molecule has 0 saturated heterocycles. The van der Waals surface area contributed by atoms with Gasteiger partial charge in [-0.1, -0.05) is 12.1 Å². The van der Waals surface area contributed by atoms with Gasteiger partial charge in [-0.05, 0) is 36.8 Å². The lowest BCUT2D eigenvalue weighted by Crippen LogP contribution is -2.26. The molecule has 0 atom stereocenters. The fourth-order valence-electron chi connectivity index (χ4n) is 1.89. The number of hydrogen-bond acceptors (Lipinski definition) is 4. The molecule has 0 amide bonds. The highest BCUT2D eigenvalue weighted by atomic mass is 32.2. The molecule has 0 aliphatic carbocycles. The topological polar surface area (TPSA) is 76.5 Å². The van der Waals surface area contributed by atoms with Crippen molar-refractivity contribution < 1.29 is 12.8 Å². The molecule has 2 N–H and O–H groups in total. The Morgan fingerprint density at radius 1 is 1.25 bits per heavy atom. The van der Waals surface area contributed by atoms with Crippen LogP contribution in [0.15, 0.2) is 45.7 Å². The average Bonchev–Trinajstić information content (AvgIpc) is 2.84. The van der Waals surface area contributed by atoms with Gasteiger partial charge in [-0.25, -0.2) is 8.42 Å². The Labute approximate surface area is 119 Å². The first-order chi connectivity index (χ1) is 9.43. The highest BCUT2D eigenvalue weighted by Crippen LogP contribution is 2.18. The van der Waals surface area contributed by atoms with E-state index in [4.69, 9.17) is 10.2 Å². The van der Waals surface area contributed by atoms with Crippen LogP contribution >= 0.6 is 0 Å². The Morgan fingerprint density at radius 3 is 2.60 bits per heavy atom. The van der Waals surface area contributed by atoms with Gasteiger partial charge in [-0.2, -0.15) is 4.31 Å². The maximum atomic E-state index is 12.5. The van der Waals surface area contributed by atoms with Crippen molar-refractivity contribution in [2.75, 3.05) is 7.05 Å². The number of nitrogens with zero attached hydrogens (tertiary/aromatic N) is 1. The standard InChI is InChI=1S/C14H18N2O3S/c1-11-6-7-13(19-11)10-16(2)20(17,18)14-5-3-4-12(8-14)9-15/h3-8H,9-10,15H2,1-2H3. The highest BCUT2D eigenvalue weighted by molar-refractivity contribution is 7.89. The SMILES string of the molecule is Cc1ccc(CN(C)S(=O)(=O)c2cccc(CN)c2)o1. The lowest BCUT2D eigenvalue weighted by Gasteiger charge is -2.16. The van der Waals surface area contributed by atoms with Gasteiger partial charge in [-0.3, -0.25) is 0 Å². The molecule has 0 radical (unpaired) electrons. The highest BCUT2D eigenvalue weighted by Gasteiger charge is 2.22. The van der Waals surface area contributed by atoms with Crippen molar-refractivity contribution in [2.24, 2.45) is 5.73 Å². The Hall–Kier alpha value is -1.63. The van der Waals surface area contributed by atoms with Crippen molar-refractivity contribution in [3.63, 3.8) is 0 Å². The summed E-state index contributed by atoms with van der Waals surface area (Å²) in [5, 5.41) is 0. The van der Waals surface area contributed by atoms with E-state index < -0.39 is 10.0 Å². The van der Waals surface area contributed by atoms with E-state index in [2.05, 4.69) is 0 Å². The van der Waals surface area contributed by atoms with Gasteiger partial charge in [0, 0.05) is 13.6 Å². The number of furan rings is 1. The molecule has 20 heavy (non-hydrogen) atoms. The third kappa shape index (κ3) is 3.09. The number of rotatable bonds is 5. The van der Waals surface area contributed by atoms with Crippen molar-refractivity contribution in [3.05, 3.63) is 53.5 Å². The van der Waals surface area contributed by atoms with Gasteiger partial charge < -0.3 is 10.2 Å². The Kier molecular flexibility index (Phi) is 4.27. The average molecular weight is 294 g/mol. The molecule has 108 valence electrons. The summed E-state index contributed by atoms with van der Waals surface area (Å²) < 4.78 is 31.6.